The van der Waals surface area contributed by atoms with Crippen LogP contribution in [0.2, 0.25) is 0 Å². The van der Waals surface area contributed by atoms with Crippen molar-refractivity contribution in [2.45, 2.75) is 50.1 Å². The molecule has 2 unspecified atom stereocenters. The van der Waals surface area contributed by atoms with E-state index in [1.165, 1.54) is 33.9 Å². The van der Waals surface area contributed by atoms with E-state index in [1.54, 1.807) is 19.2 Å². The summed E-state index contributed by atoms with van der Waals surface area (Å²) >= 11 is 0. The average molecular weight is 484 g/mol. The molecule has 3 aromatic rings. The number of benzene rings is 3. The van der Waals surface area contributed by atoms with Crippen LogP contribution in [-0.4, -0.2) is 36.8 Å². The van der Waals surface area contributed by atoms with Crippen LogP contribution in [0.25, 0.3) is 11.1 Å². The Morgan fingerprint density at radius 3 is 2.42 bits per heavy atom. The quantitative estimate of drug-likeness (QED) is 0.371. The van der Waals surface area contributed by atoms with Crippen molar-refractivity contribution in [2.75, 3.05) is 13.7 Å². The van der Waals surface area contributed by atoms with E-state index in [1.807, 2.05) is 4.90 Å². The number of nitrogens with zero attached hydrogens (tertiary/aromatic N) is 1. The molecule has 6 rings (SSSR count). The minimum Gasteiger partial charge on any atom is -0.496 e. The Morgan fingerprint density at radius 2 is 1.72 bits per heavy atom. The van der Waals surface area contributed by atoms with E-state index in [4.69, 9.17) is 9.47 Å². The lowest BCUT2D eigenvalue weighted by Gasteiger charge is -2.44. The number of amides is 1. The van der Waals surface area contributed by atoms with E-state index in [9.17, 15) is 9.18 Å². The van der Waals surface area contributed by atoms with Crippen molar-refractivity contribution in [2.24, 2.45) is 0 Å². The summed E-state index contributed by atoms with van der Waals surface area (Å²) in [6, 6.07) is 21.6. The number of hydrogen-bond acceptors (Lipinski definition) is 3. The monoisotopic (exact) mass is 483 g/mol. The molecular formula is C31H30FNO3. The zero-order valence-electron chi connectivity index (χ0n) is 20.5. The molecule has 2 aliphatic heterocycles. The zero-order valence-corrected chi connectivity index (χ0v) is 20.5. The third-order valence-corrected chi connectivity index (χ3v) is 7.92. The Kier molecular flexibility index (Phi) is 6.00. The Labute approximate surface area is 211 Å². The predicted molar refractivity (Wildman–Crippen MR) is 138 cm³/mol. The minimum absolute atomic E-state index is 0.0164. The number of carbonyl (C=O) groups excluding carboxylic acids is 1. The molecule has 0 spiro atoms. The smallest absolute Gasteiger partial charge is 0.410 e. The summed E-state index contributed by atoms with van der Waals surface area (Å²) < 4.78 is 25.3. The van der Waals surface area contributed by atoms with E-state index in [0.29, 0.717) is 18.8 Å². The number of carbonyl (C=O) groups is 1. The van der Waals surface area contributed by atoms with Crippen LogP contribution in [0, 0.1) is 5.82 Å². The molecule has 0 aromatic heterocycles. The van der Waals surface area contributed by atoms with Gasteiger partial charge in [0, 0.05) is 17.5 Å². The Balaban J connectivity index is 1.19. The second-order valence-corrected chi connectivity index (χ2v) is 10.0. The average Bonchev–Trinajstić information content (AvgIpc) is 3.20. The first-order valence-electron chi connectivity index (χ1n) is 12.8. The topological polar surface area (TPSA) is 38.8 Å². The van der Waals surface area contributed by atoms with E-state index in [2.05, 4.69) is 54.6 Å². The molecule has 5 heteroatoms. The maximum Gasteiger partial charge on any atom is 0.410 e. The van der Waals surface area contributed by atoms with Gasteiger partial charge < -0.3 is 9.47 Å². The van der Waals surface area contributed by atoms with Gasteiger partial charge in [-0.15, -0.1) is 0 Å². The first-order valence-corrected chi connectivity index (χ1v) is 12.8. The van der Waals surface area contributed by atoms with Crippen LogP contribution in [0.3, 0.4) is 0 Å². The lowest BCUT2D eigenvalue weighted by Crippen LogP contribution is -2.52. The molecule has 1 fully saturated rings. The molecule has 3 aromatic carbocycles. The highest BCUT2D eigenvalue weighted by atomic mass is 19.1. The predicted octanol–water partition coefficient (Wildman–Crippen LogP) is 6.88. The van der Waals surface area contributed by atoms with Crippen LogP contribution in [-0.2, 0) is 11.2 Å². The SMILES string of the molecule is COc1ccc(F)cc1CC1=CC2CCCC(C1)N2C(=O)OCC1c2ccccc2-c2ccccc21. The third-order valence-electron chi connectivity index (χ3n) is 7.92. The van der Waals surface area contributed by atoms with Gasteiger partial charge in [0.05, 0.1) is 13.2 Å². The third kappa shape index (κ3) is 4.06. The summed E-state index contributed by atoms with van der Waals surface area (Å²) in [5, 5.41) is 0. The molecule has 2 bridgehead atoms. The van der Waals surface area contributed by atoms with Crippen molar-refractivity contribution in [3.8, 4) is 16.9 Å². The molecule has 184 valence electrons. The fraction of sp³-hybridized carbons (Fsp3) is 0.323. The van der Waals surface area contributed by atoms with Gasteiger partial charge in [0.2, 0.25) is 0 Å². The summed E-state index contributed by atoms with van der Waals surface area (Å²) in [6.07, 6.45) is 6.34. The Morgan fingerprint density at radius 1 is 1.00 bits per heavy atom. The molecule has 0 saturated carbocycles. The standard InChI is InChI=1S/C31H30FNO3/c1-35-30-14-13-22(32)18-21(30)15-20-16-23-7-6-8-24(17-20)33(23)31(34)36-19-29-27-11-4-2-9-25(27)26-10-3-5-12-28(26)29/h2-5,9-14,16,18,23-24,29H,6-8,15,17,19H2,1H3. The highest BCUT2D eigenvalue weighted by Gasteiger charge is 2.39. The van der Waals surface area contributed by atoms with Gasteiger partial charge in [-0.1, -0.05) is 60.2 Å². The number of piperidine rings is 1. The van der Waals surface area contributed by atoms with Crippen LogP contribution in [0.4, 0.5) is 9.18 Å². The summed E-state index contributed by atoms with van der Waals surface area (Å²) in [6.45, 7) is 0.333. The van der Waals surface area contributed by atoms with E-state index >= 15 is 0 Å². The van der Waals surface area contributed by atoms with Gasteiger partial charge in [-0.2, -0.15) is 0 Å². The largest absolute Gasteiger partial charge is 0.496 e. The highest BCUT2D eigenvalue weighted by molar-refractivity contribution is 5.79. The molecule has 36 heavy (non-hydrogen) atoms. The maximum absolute atomic E-state index is 13.9. The highest BCUT2D eigenvalue weighted by Crippen LogP contribution is 2.45. The summed E-state index contributed by atoms with van der Waals surface area (Å²) in [5.74, 6) is 0.488. The molecule has 1 amide bonds. The van der Waals surface area contributed by atoms with Crippen LogP contribution in [0.1, 0.15) is 48.3 Å². The molecule has 2 heterocycles. The summed E-state index contributed by atoms with van der Waals surface area (Å²) in [7, 11) is 1.61. The van der Waals surface area contributed by atoms with Crippen molar-refractivity contribution < 1.29 is 18.7 Å². The van der Waals surface area contributed by atoms with Crippen LogP contribution < -0.4 is 4.74 Å². The fourth-order valence-corrected chi connectivity index (χ4v) is 6.33. The molecule has 3 aliphatic rings. The lowest BCUT2D eigenvalue weighted by molar-refractivity contribution is 0.0509. The van der Waals surface area contributed by atoms with Gasteiger partial charge in [-0.25, -0.2) is 9.18 Å². The van der Waals surface area contributed by atoms with Crippen molar-refractivity contribution >= 4 is 6.09 Å². The normalized spacial score (nSPS) is 20.4. The Bertz CT molecular complexity index is 1290. The van der Waals surface area contributed by atoms with Gasteiger partial charge in [-0.3, -0.25) is 4.90 Å². The number of rotatable bonds is 5. The number of fused-ring (bicyclic) bond motifs is 5. The number of halogens is 1. The summed E-state index contributed by atoms with van der Waals surface area (Å²) in [4.78, 5) is 15.4. The Hall–Kier alpha value is -3.60. The summed E-state index contributed by atoms with van der Waals surface area (Å²) in [5.41, 5.74) is 6.97. The first-order chi connectivity index (χ1) is 17.6. The molecule has 0 N–H and O–H groups in total. The maximum atomic E-state index is 13.9. The van der Waals surface area contributed by atoms with E-state index in [-0.39, 0.29) is 29.9 Å². The van der Waals surface area contributed by atoms with Crippen molar-refractivity contribution in [3.05, 3.63) is 101 Å². The second kappa shape index (κ2) is 9.45. The van der Waals surface area contributed by atoms with Crippen molar-refractivity contribution in [1.82, 2.24) is 4.90 Å². The first kappa shape index (κ1) is 22.8. The van der Waals surface area contributed by atoms with E-state index < -0.39 is 0 Å². The van der Waals surface area contributed by atoms with Gasteiger partial charge in [0.1, 0.15) is 18.2 Å². The second-order valence-electron chi connectivity index (χ2n) is 10.0. The van der Waals surface area contributed by atoms with E-state index in [0.717, 1.165) is 31.2 Å². The molecule has 2 atom stereocenters. The molecule has 1 aliphatic carbocycles. The zero-order chi connectivity index (χ0) is 24.6. The molecule has 1 saturated heterocycles. The number of methoxy groups -OCH3 is 1. The van der Waals surface area contributed by atoms with Gasteiger partial charge in [-0.05, 0) is 72.6 Å². The van der Waals surface area contributed by atoms with Gasteiger partial charge in [0.25, 0.3) is 0 Å². The molecule has 0 radical (unpaired) electrons. The van der Waals surface area contributed by atoms with Gasteiger partial charge >= 0.3 is 6.09 Å². The van der Waals surface area contributed by atoms with Crippen LogP contribution in [0.15, 0.2) is 78.4 Å². The number of hydrogen-bond donors (Lipinski definition) is 0. The van der Waals surface area contributed by atoms with Crippen LogP contribution >= 0.6 is 0 Å². The van der Waals surface area contributed by atoms with Gasteiger partial charge in [0.15, 0.2) is 0 Å². The van der Waals surface area contributed by atoms with Crippen molar-refractivity contribution in [3.63, 3.8) is 0 Å². The van der Waals surface area contributed by atoms with Crippen molar-refractivity contribution in [1.29, 1.82) is 0 Å². The molecule has 4 nitrogen and oxygen atoms in total. The molecular weight excluding hydrogens is 453 g/mol. The lowest BCUT2D eigenvalue weighted by atomic mass is 9.83. The van der Waals surface area contributed by atoms with Crippen LogP contribution in [0.5, 0.6) is 5.75 Å². The minimum atomic E-state index is -0.261. The number of ether oxygens (including phenoxy) is 2. The fourth-order valence-electron chi connectivity index (χ4n) is 6.33.